The molecule has 2 N–H and O–H groups in total. The first-order valence-electron chi connectivity index (χ1n) is 9.19. The lowest BCUT2D eigenvalue weighted by molar-refractivity contribution is 0.0992. The van der Waals surface area contributed by atoms with Gasteiger partial charge in [0.25, 0.3) is 0 Å². The van der Waals surface area contributed by atoms with Crippen LogP contribution in [0.15, 0.2) is 29.3 Å². The average Bonchev–Trinajstić information content (AvgIpc) is 3.23. The highest BCUT2D eigenvalue weighted by Gasteiger charge is 2.41. The zero-order chi connectivity index (χ0) is 17.6. The molecule has 2 heterocycles. The number of aliphatic imine (C=N–C) groups is 1. The van der Waals surface area contributed by atoms with Crippen LogP contribution in [0.4, 0.5) is 0 Å². The van der Waals surface area contributed by atoms with E-state index in [1.54, 1.807) is 7.11 Å². The number of para-hydroxylation sites is 2. The molecular weight excluding hydrogens is 318 g/mol. The number of hydrogen-bond donors (Lipinski definition) is 2. The molecule has 0 amide bonds. The third kappa shape index (κ3) is 4.57. The average molecular weight is 347 g/mol. The molecule has 2 saturated heterocycles. The third-order valence-corrected chi connectivity index (χ3v) is 4.68. The lowest BCUT2D eigenvalue weighted by atomic mass is 9.96. The third-order valence-electron chi connectivity index (χ3n) is 4.68. The molecular formula is C19H29N3O3. The summed E-state index contributed by atoms with van der Waals surface area (Å²) >= 11 is 0. The van der Waals surface area contributed by atoms with Crippen molar-refractivity contribution in [3.63, 3.8) is 0 Å². The Kier molecular flexibility index (Phi) is 6.02. The van der Waals surface area contributed by atoms with Crippen LogP contribution in [-0.4, -0.2) is 50.5 Å². The van der Waals surface area contributed by atoms with Crippen molar-refractivity contribution in [3.8, 4) is 11.5 Å². The number of nitrogens with one attached hydrogen (secondary N) is 2. The minimum Gasteiger partial charge on any atom is -0.493 e. The highest BCUT2D eigenvalue weighted by molar-refractivity contribution is 5.80. The van der Waals surface area contributed by atoms with E-state index in [-0.39, 0.29) is 6.10 Å². The van der Waals surface area contributed by atoms with E-state index in [0.29, 0.717) is 24.8 Å². The first-order chi connectivity index (χ1) is 12.2. The predicted molar refractivity (Wildman–Crippen MR) is 98.5 cm³/mol. The van der Waals surface area contributed by atoms with Gasteiger partial charge in [0.15, 0.2) is 17.5 Å². The molecule has 3 rings (SSSR count). The maximum absolute atomic E-state index is 5.97. The highest BCUT2D eigenvalue weighted by atomic mass is 16.5. The molecule has 2 aliphatic rings. The second-order valence-electron chi connectivity index (χ2n) is 6.66. The smallest absolute Gasteiger partial charge is 0.191 e. The van der Waals surface area contributed by atoms with Crippen molar-refractivity contribution in [2.45, 2.75) is 57.5 Å². The minimum atomic E-state index is -0.0527. The largest absolute Gasteiger partial charge is 0.493 e. The molecule has 2 fully saturated rings. The Bertz CT molecular complexity index is 593. The van der Waals surface area contributed by atoms with Crippen LogP contribution in [0.3, 0.4) is 0 Å². The fraction of sp³-hybridized carbons (Fsp3) is 0.632. The van der Waals surface area contributed by atoms with Gasteiger partial charge in [0.1, 0.15) is 6.10 Å². The molecule has 1 aromatic rings. The SMILES string of the molecule is CCNC(=NCC(C)Oc1ccccc1OC)NC1CC2CCC1O2. The summed E-state index contributed by atoms with van der Waals surface area (Å²) < 4.78 is 17.2. The number of nitrogens with zero attached hydrogens (tertiary/aromatic N) is 1. The molecule has 0 radical (unpaired) electrons. The summed E-state index contributed by atoms with van der Waals surface area (Å²) in [6, 6.07) is 8.04. The summed E-state index contributed by atoms with van der Waals surface area (Å²) in [7, 11) is 1.65. The van der Waals surface area contributed by atoms with Gasteiger partial charge in [-0.2, -0.15) is 0 Å². The fourth-order valence-electron chi connectivity index (χ4n) is 3.48. The zero-order valence-electron chi connectivity index (χ0n) is 15.3. The van der Waals surface area contributed by atoms with Crippen LogP contribution in [-0.2, 0) is 4.74 Å². The highest BCUT2D eigenvalue weighted by Crippen LogP contribution is 2.34. The Morgan fingerprint density at radius 3 is 2.76 bits per heavy atom. The maximum Gasteiger partial charge on any atom is 0.191 e. The van der Waals surface area contributed by atoms with E-state index < -0.39 is 0 Å². The molecule has 0 saturated carbocycles. The Morgan fingerprint density at radius 1 is 1.32 bits per heavy atom. The number of methoxy groups -OCH3 is 1. The summed E-state index contributed by atoms with van der Waals surface area (Å²) in [6.45, 7) is 5.48. The van der Waals surface area contributed by atoms with Crippen LogP contribution in [0, 0.1) is 0 Å². The van der Waals surface area contributed by atoms with Crippen LogP contribution in [0.1, 0.15) is 33.1 Å². The second kappa shape index (κ2) is 8.43. The molecule has 6 nitrogen and oxygen atoms in total. The maximum atomic E-state index is 5.97. The molecule has 4 unspecified atom stereocenters. The van der Waals surface area contributed by atoms with E-state index in [1.807, 2.05) is 31.2 Å². The van der Waals surface area contributed by atoms with Crippen molar-refractivity contribution < 1.29 is 14.2 Å². The quantitative estimate of drug-likeness (QED) is 0.585. The molecule has 1 aromatic carbocycles. The standard InChI is InChI=1S/C19H29N3O3/c1-4-20-19(22-15-11-14-9-10-16(15)25-14)21-12-13(2)24-18-8-6-5-7-17(18)23-3/h5-8,13-16H,4,9-12H2,1-3H3,(H2,20,21,22). The van der Waals surface area contributed by atoms with Gasteiger partial charge in [-0.15, -0.1) is 0 Å². The van der Waals surface area contributed by atoms with Crippen LogP contribution in [0.25, 0.3) is 0 Å². The van der Waals surface area contributed by atoms with Crippen molar-refractivity contribution in [2.75, 3.05) is 20.2 Å². The van der Waals surface area contributed by atoms with E-state index in [4.69, 9.17) is 14.2 Å². The van der Waals surface area contributed by atoms with Gasteiger partial charge in [0.2, 0.25) is 0 Å². The fourth-order valence-corrected chi connectivity index (χ4v) is 3.48. The van der Waals surface area contributed by atoms with Gasteiger partial charge in [-0.05, 0) is 45.2 Å². The number of ether oxygens (including phenoxy) is 3. The molecule has 25 heavy (non-hydrogen) atoms. The molecule has 0 aromatic heterocycles. The Labute approximate surface area is 149 Å². The first kappa shape index (κ1) is 17.9. The molecule has 2 aliphatic heterocycles. The topological polar surface area (TPSA) is 64.1 Å². The number of guanidine groups is 1. The number of fused-ring (bicyclic) bond motifs is 2. The summed E-state index contributed by atoms with van der Waals surface area (Å²) in [6.07, 6.45) is 4.12. The Hall–Kier alpha value is -1.95. The lowest BCUT2D eigenvalue weighted by Gasteiger charge is -2.23. The van der Waals surface area contributed by atoms with Crippen LogP contribution in [0.2, 0.25) is 0 Å². The second-order valence-corrected chi connectivity index (χ2v) is 6.66. The van der Waals surface area contributed by atoms with Crippen molar-refractivity contribution in [2.24, 2.45) is 4.99 Å². The van der Waals surface area contributed by atoms with Gasteiger partial charge in [-0.3, -0.25) is 0 Å². The summed E-state index contributed by atoms with van der Waals surface area (Å²) in [5, 5.41) is 6.84. The molecule has 4 atom stereocenters. The van der Waals surface area contributed by atoms with Gasteiger partial charge < -0.3 is 24.8 Å². The monoisotopic (exact) mass is 347 g/mol. The van der Waals surface area contributed by atoms with E-state index in [1.165, 1.54) is 6.42 Å². The number of benzene rings is 1. The van der Waals surface area contributed by atoms with E-state index in [9.17, 15) is 0 Å². The number of rotatable bonds is 7. The Morgan fingerprint density at radius 2 is 2.12 bits per heavy atom. The van der Waals surface area contributed by atoms with Gasteiger partial charge >= 0.3 is 0 Å². The van der Waals surface area contributed by atoms with Crippen molar-refractivity contribution in [1.29, 1.82) is 0 Å². The molecule has 138 valence electrons. The summed E-state index contributed by atoms with van der Waals surface area (Å²) in [5.74, 6) is 2.31. The van der Waals surface area contributed by atoms with Crippen LogP contribution < -0.4 is 20.1 Å². The zero-order valence-corrected chi connectivity index (χ0v) is 15.3. The van der Waals surface area contributed by atoms with Crippen LogP contribution >= 0.6 is 0 Å². The summed E-state index contributed by atoms with van der Waals surface area (Å²) in [5.41, 5.74) is 0. The van der Waals surface area contributed by atoms with Gasteiger partial charge in [0.05, 0.1) is 31.9 Å². The van der Waals surface area contributed by atoms with Crippen molar-refractivity contribution >= 4 is 5.96 Å². The van der Waals surface area contributed by atoms with E-state index in [2.05, 4.69) is 22.5 Å². The van der Waals surface area contributed by atoms with Gasteiger partial charge in [-0.1, -0.05) is 12.1 Å². The lowest BCUT2D eigenvalue weighted by Crippen LogP contribution is -2.47. The van der Waals surface area contributed by atoms with E-state index >= 15 is 0 Å². The van der Waals surface area contributed by atoms with Gasteiger partial charge in [-0.25, -0.2) is 4.99 Å². The van der Waals surface area contributed by atoms with Crippen molar-refractivity contribution in [1.82, 2.24) is 10.6 Å². The molecule has 2 bridgehead atoms. The predicted octanol–water partition coefficient (Wildman–Crippen LogP) is 2.34. The van der Waals surface area contributed by atoms with Gasteiger partial charge in [0, 0.05) is 6.54 Å². The molecule has 0 aliphatic carbocycles. The number of hydrogen-bond acceptors (Lipinski definition) is 4. The van der Waals surface area contributed by atoms with E-state index in [0.717, 1.165) is 36.8 Å². The molecule has 6 heteroatoms. The normalized spacial score (nSPS) is 26.4. The van der Waals surface area contributed by atoms with Crippen LogP contribution in [0.5, 0.6) is 11.5 Å². The molecule has 0 spiro atoms. The summed E-state index contributed by atoms with van der Waals surface area (Å²) in [4.78, 5) is 4.69. The minimum absolute atomic E-state index is 0.0527. The van der Waals surface area contributed by atoms with Crippen molar-refractivity contribution in [3.05, 3.63) is 24.3 Å². The Balaban J connectivity index is 1.55. The first-order valence-corrected chi connectivity index (χ1v) is 9.19.